The topological polar surface area (TPSA) is 50.4 Å². The molecule has 2 N–H and O–H groups in total. The molecule has 4 nitrogen and oxygen atoms in total. The van der Waals surface area contributed by atoms with Crippen LogP contribution in [0.25, 0.3) is 0 Å². The molecule has 29 heavy (non-hydrogen) atoms. The first-order valence-electron chi connectivity index (χ1n) is 9.67. The van der Waals surface area contributed by atoms with E-state index in [4.69, 9.17) is 16.3 Å². The number of rotatable bonds is 8. The Bertz CT molecular complexity index is 946. The average Bonchev–Trinajstić information content (AvgIpc) is 2.74. The van der Waals surface area contributed by atoms with E-state index in [9.17, 15) is 4.79 Å². The van der Waals surface area contributed by atoms with Gasteiger partial charge in [-0.1, -0.05) is 66.2 Å². The van der Waals surface area contributed by atoms with Gasteiger partial charge in [0.05, 0.1) is 12.3 Å². The highest BCUT2D eigenvalue weighted by atomic mass is 35.5. The minimum Gasteiger partial charge on any atom is -0.492 e. The van der Waals surface area contributed by atoms with E-state index in [0.717, 1.165) is 11.1 Å². The van der Waals surface area contributed by atoms with Gasteiger partial charge in [0.25, 0.3) is 0 Å². The largest absolute Gasteiger partial charge is 0.492 e. The van der Waals surface area contributed by atoms with Crippen molar-refractivity contribution in [2.24, 2.45) is 0 Å². The van der Waals surface area contributed by atoms with Crippen LogP contribution in [0.15, 0.2) is 78.9 Å². The summed E-state index contributed by atoms with van der Waals surface area (Å²) in [5, 5.41) is 7.12. The fourth-order valence-corrected chi connectivity index (χ4v) is 3.35. The summed E-state index contributed by atoms with van der Waals surface area (Å²) in [6.45, 7) is 4.46. The Hall–Kier alpha value is -2.82. The maximum absolute atomic E-state index is 13.2. The summed E-state index contributed by atoms with van der Waals surface area (Å²) in [7, 11) is 0. The second-order valence-electron chi connectivity index (χ2n) is 6.71. The summed E-state index contributed by atoms with van der Waals surface area (Å²) < 4.78 is 5.64. The Kier molecular flexibility index (Phi) is 7.28. The number of nitrogens with one attached hydrogen (secondary N) is 2. The molecule has 0 saturated carbocycles. The lowest BCUT2D eigenvalue weighted by molar-refractivity contribution is -0.118. The molecule has 0 unspecified atom stereocenters. The number of carbonyl (C=O) groups is 1. The van der Waals surface area contributed by atoms with Crippen LogP contribution in [0.1, 0.15) is 37.1 Å². The van der Waals surface area contributed by atoms with Crippen molar-refractivity contribution < 1.29 is 9.53 Å². The third kappa shape index (κ3) is 5.59. The van der Waals surface area contributed by atoms with Crippen molar-refractivity contribution in [1.29, 1.82) is 0 Å². The molecule has 0 aliphatic heterocycles. The summed E-state index contributed by atoms with van der Waals surface area (Å²) in [6.07, 6.45) is 0. The fraction of sp³-hybridized carbons (Fsp3) is 0.208. The molecule has 0 radical (unpaired) electrons. The smallest absolute Gasteiger partial charge is 0.246 e. The number of hydrogen-bond acceptors (Lipinski definition) is 3. The van der Waals surface area contributed by atoms with E-state index < -0.39 is 6.04 Å². The highest BCUT2D eigenvalue weighted by Crippen LogP contribution is 2.27. The number of anilines is 1. The molecule has 0 aliphatic rings. The Morgan fingerprint density at radius 2 is 1.66 bits per heavy atom. The van der Waals surface area contributed by atoms with E-state index in [1.54, 1.807) is 0 Å². The normalized spacial score (nSPS) is 12.8. The van der Waals surface area contributed by atoms with Crippen LogP contribution in [0, 0.1) is 0 Å². The molecule has 1 amide bonds. The first-order valence-corrected chi connectivity index (χ1v) is 10.1. The Labute approximate surface area is 176 Å². The van der Waals surface area contributed by atoms with Gasteiger partial charge in [-0.3, -0.25) is 10.1 Å². The number of hydrogen-bond donors (Lipinski definition) is 2. The lowest BCUT2D eigenvalue weighted by atomic mass is 10.0. The van der Waals surface area contributed by atoms with E-state index in [1.165, 1.54) is 0 Å². The first-order chi connectivity index (χ1) is 14.1. The van der Waals surface area contributed by atoms with Gasteiger partial charge in [0.1, 0.15) is 11.8 Å². The molecule has 3 aromatic carbocycles. The summed E-state index contributed by atoms with van der Waals surface area (Å²) in [6, 6.07) is 24.1. The van der Waals surface area contributed by atoms with Gasteiger partial charge in [-0.15, -0.1) is 0 Å². The minimum absolute atomic E-state index is 0.0770. The molecule has 2 atom stereocenters. The predicted molar refractivity (Wildman–Crippen MR) is 118 cm³/mol. The van der Waals surface area contributed by atoms with E-state index >= 15 is 0 Å². The van der Waals surface area contributed by atoms with Gasteiger partial charge >= 0.3 is 0 Å². The van der Waals surface area contributed by atoms with Crippen LogP contribution >= 0.6 is 11.6 Å². The number of carbonyl (C=O) groups excluding carboxylic acids is 1. The highest BCUT2D eigenvalue weighted by molar-refractivity contribution is 6.30. The van der Waals surface area contributed by atoms with Gasteiger partial charge < -0.3 is 10.1 Å². The molecule has 0 saturated heterocycles. The van der Waals surface area contributed by atoms with Crippen molar-refractivity contribution in [3.8, 4) is 5.75 Å². The van der Waals surface area contributed by atoms with Crippen LogP contribution < -0.4 is 15.4 Å². The molecule has 0 aliphatic carbocycles. The third-order valence-electron chi connectivity index (χ3n) is 4.61. The highest BCUT2D eigenvalue weighted by Gasteiger charge is 2.24. The number of ether oxygens (including phenoxy) is 1. The SMILES string of the molecule is CCOc1ccccc1NC(=O)[C@@H](N[C@H](C)c1cccc(Cl)c1)c1ccccc1. The fourth-order valence-electron chi connectivity index (χ4n) is 3.15. The van der Waals surface area contributed by atoms with Crippen LogP contribution in [0.4, 0.5) is 5.69 Å². The molecule has 3 rings (SSSR count). The van der Waals surface area contributed by atoms with Gasteiger partial charge in [0, 0.05) is 11.1 Å². The number of benzene rings is 3. The van der Waals surface area contributed by atoms with Crippen molar-refractivity contribution in [2.75, 3.05) is 11.9 Å². The number of amides is 1. The minimum atomic E-state index is -0.542. The molecule has 0 heterocycles. The summed E-state index contributed by atoms with van der Waals surface area (Å²) in [5.74, 6) is 0.496. The first kappa shape index (κ1) is 20.9. The van der Waals surface area contributed by atoms with Crippen LogP contribution in [0.2, 0.25) is 5.02 Å². The maximum Gasteiger partial charge on any atom is 0.246 e. The molecular weight excluding hydrogens is 384 g/mol. The molecular formula is C24H25ClN2O2. The van der Waals surface area contributed by atoms with Crippen LogP contribution in [0.3, 0.4) is 0 Å². The van der Waals surface area contributed by atoms with Gasteiger partial charge in [0.2, 0.25) is 5.91 Å². The quantitative estimate of drug-likeness (QED) is 0.497. The van der Waals surface area contributed by atoms with Crippen LogP contribution in [-0.4, -0.2) is 12.5 Å². The lowest BCUT2D eigenvalue weighted by Gasteiger charge is -2.24. The lowest BCUT2D eigenvalue weighted by Crippen LogP contribution is -2.34. The van der Waals surface area contributed by atoms with Crippen molar-refractivity contribution >= 4 is 23.2 Å². The van der Waals surface area contributed by atoms with Gasteiger partial charge in [-0.25, -0.2) is 0 Å². The van der Waals surface area contributed by atoms with E-state index in [2.05, 4.69) is 10.6 Å². The Balaban J connectivity index is 1.85. The Morgan fingerprint density at radius 3 is 2.38 bits per heavy atom. The van der Waals surface area contributed by atoms with Crippen molar-refractivity contribution in [3.05, 3.63) is 95.0 Å². The van der Waals surface area contributed by atoms with E-state index in [0.29, 0.717) is 23.1 Å². The van der Waals surface area contributed by atoms with Crippen molar-refractivity contribution in [2.45, 2.75) is 25.9 Å². The average molecular weight is 409 g/mol. The molecule has 0 spiro atoms. The van der Waals surface area contributed by atoms with Crippen molar-refractivity contribution in [3.63, 3.8) is 0 Å². The van der Waals surface area contributed by atoms with Crippen LogP contribution in [0.5, 0.6) is 5.75 Å². The molecule has 3 aromatic rings. The Morgan fingerprint density at radius 1 is 0.966 bits per heavy atom. The van der Waals surface area contributed by atoms with E-state index in [1.807, 2.05) is 92.7 Å². The van der Waals surface area contributed by atoms with E-state index in [-0.39, 0.29) is 11.9 Å². The maximum atomic E-state index is 13.2. The predicted octanol–water partition coefficient (Wildman–Crippen LogP) is 5.77. The summed E-state index contributed by atoms with van der Waals surface area (Å²) in [5.41, 5.74) is 2.55. The summed E-state index contributed by atoms with van der Waals surface area (Å²) >= 11 is 6.14. The van der Waals surface area contributed by atoms with Gasteiger partial charge in [-0.05, 0) is 49.2 Å². The van der Waals surface area contributed by atoms with Crippen molar-refractivity contribution in [1.82, 2.24) is 5.32 Å². The third-order valence-corrected chi connectivity index (χ3v) is 4.84. The number of para-hydroxylation sites is 2. The molecule has 0 fully saturated rings. The second kappa shape index (κ2) is 10.1. The monoisotopic (exact) mass is 408 g/mol. The van der Waals surface area contributed by atoms with Gasteiger partial charge in [0.15, 0.2) is 0 Å². The molecule has 0 bridgehead atoms. The zero-order chi connectivity index (χ0) is 20.6. The molecule has 150 valence electrons. The van der Waals surface area contributed by atoms with Crippen LogP contribution in [-0.2, 0) is 4.79 Å². The van der Waals surface area contributed by atoms with Gasteiger partial charge in [-0.2, -0.15) is 0 Å². The number of halogens is 1. The zero-order valence-corrected chi connectivity index (χ0v) is 17.3. The molecule has 0 aromatic heterocycles. The molecule has 5 heteroatoms. The summed E-state index contributed by atoms with van der Waals surface area (Å²) in [4.78, 5) is 13.2. The zero-order valence-electron chi connectivity index (χ0n) is 16.6. The second-order valence-corrected chi connectivity index (χ2v) is 7.14. The standard InChI is InChI=1S/C24H25ClN2O2/c1-3-29-22-15-8-7-14-21(22)27-24(28)23(18-10-5-4-6-11-18)26-17(2)19-12-9-13-20(25)16-19/h4-17,23,26H,3H2,1-2H3,(H,27,28)/t17-,23+/m1/s1.